The number of alkyl halides is 2. The molecule has 3 heterocycles. The number of fused-ring (bicyclic) bond motifs is 1. The highest BCUT2D eigenvalue weighted by Crippen LogP contribution is 2.38. The number of hydrogen-bond donors (Lipinski definition) is 2. The second-order valence-electron chi connectivity index (χ2n) is 9.49. The number of H-pyrrole nitrogens is 1. The minimum atomic E-state index is -3.39. The lowest BCUT2D eigenvalue weighted by molar-refractivity contribution is 0.103. The molecular weight excluding hydrogens is 535 g/mol. The van der Waals surface area contributed by atoms with Gasteiger partial charge in [-0.3, -0.25) is 14.2 Å². The highest BCUT2D eigenvalue weighted by molar-refractivity contribution is 7.17. The Bertz CT molecular complexity index is 1610. The fraction of sp³-hybridized carbons (Fsp3) is 0.360. The number of nitrogens with one attached hydrogen (secondary N) is 2. The zero-order valence-corrected chi connectivity index (χ0v) is 22.3. The lowest BCUT2D eigenvalue weighted by Crippen LogP contribution is -2.30. The van der Waals surface area contributed by atoms with E-state index in [9.17, 15) is 18.4 Å². The van der Waals surface area contributed by atoms with Gasteiger partial charge in [-0.25, -0.2) is 20.1 Å². The van der Waals surface area contributed by atoms with Crippen LogP contribution in [-0.2, 0) is 12.2 Å². The molecule has 2 N–H and O–H groups in total. The number of aromatic nitrogens is 6. The van der Waals surface area contributed by atoms with E-state index in [1.807, 2.05) is 6.92 Å². The van der Waals surface area contributed by atoms with Crippen LogP contribution in [0.2, 0.25) is 5.02 Å². The zero-order chi connectivity index (χ0) is 27.0. The Hall–Kier alpha value is -3.30. The van der Waals surface area contributed by atoms with Crippen molar-refractivity contribution < 1.29 is 8.78 Å². The van der Waals surface area contributed by atoms with Crippen molar-refractivity contribution in [3.05, 3.63) is 73.9 Å². The van der Waals surface area contributed by atoms with Crippen LogP contribution in [0.5, 0.6) is 0 Å². The van der Waals surface area contributed by atoms with Gasteiger partial charge in [-0.1, -0.05) is 27.3 Å². The molecule has 0 bridgehead atoms. The van der Waals surface area contributed by atoms with Crippen molar-refractivity contribution in [3.8, 4) is 11.4 Å². The predicted molar refractivity (Wildman–Crippen MR) is 145 cm³/mol. The summed E-state index contributed by atoms with van der Waals surface area (Å²) in [5.74, 6) is 0.617. The summed E-state index contributed by atoms with van der Waals surface area (Å²) in [7, 11) is 1.40. The molecule has 1 aromatic carbocycles. The highest BCUT2D eigenvalue weighted by Gasteiger charge is 2.34. The molecule has 9 nitrogen and oxygen atoms in total. The first-order chi connectivity index (χ1) is 18.1. The molecule has 1 aliphatic rings. The Morgan fingerprint density at radius 2 is 1.95 bits per heavy atom. The molecule has 0 spiro atoms. The van der Waals surface area contributed by atoms with Gasteiger partial charge >= 0.3 is 0 Å². The SMILES string of the molecule is Cc1cc2c(=O)n(CC[C@H]3CCC[C@@H]3Nc3cn[nH]c(=O)c3C(F)(F)P)cnc2cc1-c1ncc(Cl)cn1. The van der Waals surface area contributed by atoms with Crippen molar-refractivity contribution in [2.75, 3.05) is 5.32 Å². The highest BCUT2D eigenvalue weighted by atomic mass is 35.5. The second kappa shape index (κ2) is 10.5. The van der Waals surface area contributed by atoms with E-state index in [0.29, 0.717) is 34.7 Å². The monoisotopic (exact) mass is 559 g/mol. The van der Waals surface area contributed by atoms with Crippen molar-refractivity contribution in [1.29, 1.82) is 0 Å². The van der Waals surface area contributed by atoms with Gasteiger partial charge in [0.15, 0.2) is 5.82 Å². The second-order valence-corrected chi connectivity index (χ2v) is 10.7. The summed E-state index contributed by atoms with van der Waals surface area (Å²) in [5.41, 5.74) is -2.98. The summed E-state index contributed by atoms with van der Waals surface area (Å²) < 4.78 is 29.7. The van der Waals surface area contributed by atoms with Gasteiger partial charge in [0, 0.05) is 30.5 Å². The molecule has 0 saturated heterocycles. The average Bonchev–Trinajstić information content (AvgIpc) is 3.30. The van der Waals surface area contributed by atoms with Gasteiger partial charge < -0.3 is 5.32 Å². The number of anilines is 1. The molecule has 3 atom stereocenters. The first kappa shape index (κ1) is 26.3. The summed E-state index contributed by atoms with van der Waals surface area (Å²) in [6.45, 7) is 2.31. The van der Waals surface area contributed by atoms with Crippen LogP contribution in [0.15, 0.2) is 46.6 Å². The van der Waals surface area contributed by atoms with Crippen LogP contribution in [0.3, 0.4) is 0 Å². The molecule has 0 radical (unpaired) electrons. The van der Waals surface area contributed by atoms with Gasteiger partial charge in [-0.05, 0) is 49.8 Å². The van der Waals surface area contributed by atoms with E-state index in [1.165, 1.54) is 34.2 Å². The molecule has 38 heavy (non-hydrogen) atoms. The van der Waals surface area contributed by atoms with Crippen molar-refractivity contribution in [3.63, 3.8) is 0 Å². The van der Waals surface area contributed by atoms with Crippen molar-refractivity contribution >= 4 is 37.4 Å². The third-order valence-corrected chi connectivity index (χ3v) is 7.45. The maximum absolute atomic E-state index is 14.1. The average molecular weight is 560 g/mol. The quantitative estimate of drug-likeness (QED) is 0.320. The molecular formula is C25H25ClF2N7O2P. The number of nitrogens with zero attached hydrogens (tertiary/aromatic N) is 5. The van der Waals surface area contributed by atoms with Gasteiger partial charge in [0.05, 0.1) is 34.1 Å². The Morgan fingerprint density at radius 3 is 2.68 bits per heavy atom. The largest absolute Gasteiger partial charge is 0.380 e. The number of hydrogen-bond acceptors (Lipinski definition) is 7. The number of rotatable bonds is 7. The Morgan fingerprint density at radius 1 is 1.18 bits per heavy atom. The molecule has 4 aromatic rings. The third kappa shape index (κ3) is 5.31. The normalized spacial score (nSPS) is 17.7. The van der Waals surface area contributed by atoms with E-state index in [-0.39, 0.29) is 23.2 Å². The smallest absolute Gasteiger partial charge is 0.291 e. The minimum Gasteiger partial charge on any atom is -0.380 e. The van der Waals surface area contributed by atoms with Crippen molar-refractivity contribution in [1.82, 2.24) is 29.7 Å². The van der Waals surface area contributed by atoms with E-state index in [2.05, 4.69) is 30.5 Å². The van der Waals surface area contributed by atoms with Crippen LogP contribution in [0.25, 0.3) is 22.3 Å². The molecule has 13 heteroatoms. The van der Waals surface area contributed by atoms with E-state index < -0.39 is 16.8 Å². The molecule has 5 rings (SSSR count). The standard InChI is InChI=1S/C25H25ClF2N7O2P/c1-13-7-17-19(8-16(13)22-29-9-15(26)10-30-22)31-12-35(24(17)37)6-5-14-3-2-4-18(14)33-20-11-32-34-23(36)21(20)25(27,28)38/h7-12,14,18H,2-6,38H2,1H3,(H2,33,34,36)/t14-,18+/m1/s1. The van der Waals surface area contributed by atoms with Crippen molar-refractivity contribution in [2.45, 2.75) is 50.9 Å². The lowest BCUT2D eigenvalue weighted by Gasteiger charge is -2.24. The van der Waals surface area contributed by atoms with Crippen LogP contribution in [-0.4, -0.2) is 35.8 Å². The summed E-state index contributed by atoms with van der Waals surface area (Å²) >= 11 is 5.90. The maximum Gasteiger partial charge on any atom is 0.291 e. The number of benzene rings is 1. The van der Waals surface area contributed by atoms with Gasteiger partial charge in [0.2, 0.25) is 0 Å². The molecule has 0 amide bonds. The van der Waals surface area contributed by atoms with Crippen LogP contribution in [0.4, 0.5) is 14.5 Å². The van der Waals surface area contributed by atoms with E-state index in [0.717, 1.165) is 30.4 Å². The predicted octanol–water partition coefficient (Wildman–Crippen LogP) is 4.49. The fourth-order valence-electron chi connectivity index (χ4n) is 5.08. The Balaban J connectivity index is 1.35. The van der Waals surface area contributed by atoms with E-state index >= 15 is 0 Å². The first-order valence-corrected chi connectivity index (χ1v) is 13.1. The van der Waals surface area contributed by atoms with Crippen LogP contribution in [0.1, 0.15) is 36.8 Å². The summed E-state index contributed by atoms with van der Waals surface area (Å²) in [5, 5.41) is 9.81. The molecule has 1 unspecified atom stereocenters. The van der Waals surface area contributed by atoms with Gasteiger partial charge in [0.25, 0.3) is 16.8 Å². The fourth-order valence-corrected chi connectivity index (χ4v) is 5.46. The van der Waals surface area contributed by atoms with Crippen molar-refractivity contribution in [2.24, 2.45) is 5.92 Å². The van der Waals surface area contributed by atoms with Crippen LogP contribution >= 0.6 is 20.8 Å². The summed E-state index contributed by atoms with van der Waals surface area (Å²) in [4.78, 5) is 38.3. The molecule has 1 fully saturated rings. The number of halogens is 3. The molecule has 1 saturated carbocycles. The summed E-state index contributed by atoms with van der Waals surface area (Å²) in [6.07, 6.45) is 8.97. The van der Waals surface area contributed by atoms with E-state index in [1.54, 1.807) is 16.7 Å². The topological polar surface area (TPSA) is 118 Å². The number of aryl methyl sites for hydroxylation is 2. The molecule has 0 aliphatic heterocycles. The molecule has 3 aromatic heterocycles. The number of aromatic amines is 1. The van der Waals surface area contributed by atoms with Crippen LogP contribution < -0.4 is 16.4 Å². The van der Waals surface area contributed by atoms with Gasteiger partial charge in [0.1, 0.15) is 5.56 Å². The summed E-state index contributed by atoms with van der Waals surface area (Å²) in [6, 6.07) is 3.46. The van der Waals surface area contributed by atoms with Gasteiger partial charge in [-0.15, -0.1) is 0 Å². The van der Waals surface area contributed by atoms with Crippen LogP contribution in [0, 0.1) is 12.8 Å². The van der Waals surface area contributed by atoms with E-state index in [4.69, 9.17) is 11.6 Å². The Kier molecular flexibility index (Phi) is 7.24. The van der Waals surface area contributed by atoms with Gasteiger partial charge in [-0.2, -0.15) is 13.9 Å². The lowest BCUT2D eigenvalue weighted by atomic mass is 9.99. The first-order valence-electron chi connectivity index (χ1n) is 12.1. The third-order valence-electron chi connectivity index (χ3n) is 6.96. The minimum absolute atomic E-state index is 0.0196. The Labute approximate surface area is 223 Å². The molecule has 1 aliphatic carbocycles. The maximum atomic E-state index is 14.1. The molecule has 198 valence electrons. The zero-order valence-electron chi connectivity index (χ0n) is 20.4.